The molecule has 0 unspecified atom stereocenters. The summed E-state index contributed by atoms with van der Waals surface area (Å²) in [6, 6.07) is 0. The summed E-state index contributed by atoms with van der Waals surface area (Å²) >= 11 is 0. The number of hydrogen-bond donors (Lipinski definition) is 2. The predicted molar refractivity (Wildman–Crippen MR) is 39.0 cm³/mol. The maximum absolute atomic E-state index is 11.0. The van der Waals surface area contributed by atoms with Crippen LogP contribution in [0.1, 0.15) is 10.5 Å². The molecule has 72 valence electrons. The number of nitrogens with one attached hydrogen (secondary N) is 1. The summed E-state index contributed by atoms with van der Waals surface area (Å²) in [5.74, 6) is -0.824. The second kappa shape index (κ2) is 3.26. The van der Waals surface area contributed by atoms with Gasteiger partial charge >= 0.3 is 0 Å². The van der Waals surface area contributed by atoms with Crippen molar-refractivity contribution in [2.45, 2.75) is 0 Å². The van der Waals surface area contributed by atoms with Gasteiger partial charge in [-0.15, -0.1) is 5.10 Å². The average Bonchev–Trinajstić information content (AvgIpc) is 2.85. The van der Waals surface area contributed by atoms with Crippen molar-refractivity contribution >= 4 is 5.91 Å². The standard InChI is InChI=1S/C6H4N4O4/c11-5(9-12)3-4(14-10-8-3)6-7-1-2-13-6/h1-2,12H,(H,9,11). The predicted octanol–water partition coefficient (Wildman–Crippen LogP) is -0.156. The summed E-state index contributed by atoms with van der Waals surface area (Å²) < 4.78 is 9.51. The molecule has 2 aromatic heterocycles. The number of rotatable bonds is 2. The summed E-state index contributed by atoms with van der Waals surface area (Å²) in [6.07, 6.45) is 2.68. The van der Waals surface area contributed by atoms with Crippen molar-refractivity contribution in [3.63, 3.8) is 0 Å². The molecule has 0 fully saturated rings. The van der Waals surface area contributed by atoms with Gasteiger partial charge in [0.25, 0.3) is 17.6 Å². The van der Waals surface area contributed by atoms with E-state index in [4.69, 9.17) is 9.62 Å². The summed E-state index contributed by atoms with van der Waals surface area (Å²) in [5, 5.41) is 14.9. The molecule has 0 saturated heterocycles. The molecule has 14 heavy (non-hydrogen) atoms. The molecule has 2 N–H and O–H groups in total. The van der Waals surface area contributed by atoms with Crippen molar-refractivity contribution in [1.82, 2.24) is 20.8 Å². The number of carbonyl (C=O) groups is 1. The average molecular weight is 196 g/mol. The summed E-state index contributed by atoms with van der Waals surface area (Å²) in [4.78, 5) is 14.7. The van der Waals surface area contributed by atoms with E-state index in [9.17, 15) is 4.79 Å². The van der Waals surface area contributed by atoms with Gasteiger partial charge in [-0.05, 0) is 0 Å². The van der Waals surface area contributed by atoms with Gasteiger partial charge in [-0.3, -0.25) is 10.0 Å². The Morgan fingerprint density at radius 2 is 2.43 bits per heavy atom. The summed E-state index contributed by atoms with van der Waals surface area (Å²) in [6.45, 7) is 0. The third-order valence-electron chi connectivity index (χ3n) is 1.43. The molecule has 0 bridgehead atoms. The van der Waals surface area contributed by atoms with E-state index in [1.807, 2.05) is 0 Å². The Labute approximate surface area is 76.5 Å². The number of amides is 1. The molecular weight excluding hydrogens is 192 g/mol. The van der Waals surface area contributed by atoms with Crippen LogP contribution in [0, 0.1) is 0 Å². The van der Waals surface area contributed by atoms with Crippen molar-refractivity contribution in [3.8, 4) is 11.7 Å². The van der Waals surface area contributed by atoms with Crippen molar-refractivity contribution in [2.75, 3.05) is 0 Å². The molecule has 0 aliphatic heterocycles. The van der Waals surface area contributed by atoms with Gasteiger partial charge in [0.15, 0.2) is 0 Å². The van der Waals surface area contributed by atoms with Gasteiger partial charge < -0.3 is 8.94 Å². The Kier molecular flexibility index (Phi) is 1.95. The van der Waals surface area contributed by atoms with Gasteiger partial charge in [-0.2, -0.15) is 0 Å². The number of carbonyl (C=O) groups excluding carboxylic acids is 1. The molecule has 8 heteroatoms. The molecule has 2 aromatic rings. The molecule has 2 rings (SSSR count). The highest BCUT2D eigenvalue weighted by atomic mass is 16.5. The van der Waals surface area contributed by atoms with E-state index in [1.165, 1.54) is 17.9 Å². The van der Waals surface area contributed by atoms with Gasteiger partial charge in [0.2, 0.25) is 5.69 Å². The zero-order chi connectivity index (χ0) is 9.97. The fraction of sp³-hybridized carbons (Fsp3) is 0. The van der Waals surface area contributed by atoms with E-state index < -0.39 is 5.91 Å². The maximum atomic E-state index is 11.0. The van der Waals surface area contributed by atoms with Crippen LogP contribution in [0.5, 0.6) is 0 Å². The van der Waals surface area contributed by atoms with E-state index in [0.717, 1.165) is 0 Å². The fourth-order valence-corrected chi connectivity index (χ4v) is 0.868. The Morgan fingerprint density at radius 1 is 1.57 bits per heavy atom. The van der Waals surface area contributed by atoms with Crippen LogP contribution in [0.2, 0.25) is 0 Å². The number of oxazole rings is 1. The lowest BCUT2D eigenvalue weighted by molar-refractivity contribution is 0.0701. The zero-order valence-electron chi connectivity index (χ0n) is 6.67. The monoisotopic (exact) mass is 196 g/mol. The largest absolute Gasteiger partial charge is 0.442 e. The topological polar surface area (TPSA) is 114 Å². The molecule has 1 amide bonds. The number of aromatic nitrogens is 3. The summed E-state index contributed by atoms with van der Waals surface area (Å²) in [5.41, 5.74) is 1.20. The van der Waals surface area contributed by atoms with E-state index in [1.54, 1.807) is 0 Å². The minimum absolute atomic E-state index is 0.0402. The lowest BCUT2D eigenvalue weighted by Gasteiger charge is -1.92. The van der Waals surface area contributed by atoms with E-state index in [-0.39, 0.29) is 17.3 Å². The third kappa shape index (κ3) is 1.23. The molecule has 0 aliphatic rings. The minimum Gasteiger partial charge on any atom is -0.442 e. The maximum Gasteiger partial charge on any atom is 0.299 e. The number of hydroxylamine groups is 1. The summed E-state index contributed by atoms with van der Waals surface area (Å²) in [7, 11) is 0. The lowest BCUT2D eigenvalue weighted by Crippen LogP contribution is -2.19. The van der Waals surface area contributed by atoms with Crippen molar-refractivity contribution in [2.24, 2.45) is 0 Å². The Hall–Kier alpha value is -2.22. The van der Waals surface area contributed by atoms with E-state index >= 15 is 0 Å². The Bertz CT molecular complexity index is 434. The first-order valence-corrected chi connectivity index (χ1v) is 3.49. The molecule has 0 aromatic carbocycles. The molecule has 2 heterocycles. The lowest BCUT2D eigenvalue weighted by atomic mass is 10.3. The third-order valence-corrected chi connectivity index (χ3v) is 1.43. The van der Waals surface area contributed by atoms with Crippen LogP contribution < -0.4 is 5.48 Å². The first kappa shape index (κ1) is 8.38. The second-order valence-corrected chi connectivity index (χ2v) is 2.23. The van der Waals surface area contributed by atoms with Crippen LogP contribution in [0.15, 0.2) is 21.4 Å². The second-order valence-electron chi connectivity index (χ2n) is 2.23. The van der Waals surface area contributed by atoms with Gasteiger partial charge in [-0.1, -0.05) is 0 Å². The molecular formula is C6H4N4O4. The van der Waals surface area contributed by atoms with Gasteiger partial charge in [0.05, 0.1) is 6.20 Å². The Balaban J connectivity index is 2.45. The van der Waals surface area contributed by atoms with Crippen LogP contribution in [-0.2, 0) is 0 Å². The first-order chi connectivity index (χ1) is 6.83. The molecule has 8 nitrogen and oxygen atoms in total. The fourth-order valence-electron chi connectivity index (χ4n) is 0.868. The minimum atomic E-state index is -0.848. The molecule has 0 saturated carbocycles. The van der Waals surface area contributed by atoms with Gasteiger partial charge in [0, 0.05) is 5.27 Å². The number of hydrogen-bond acceptors (Lipinski definition) is 7. The highest BCUT2D eigenvalue weighted by Crippen LogP contribution is 2.19. The molecule has 0 atom stereocenters. The van der Waals surface area contributed by atoms with Crippen molar-refractivity contribution < 1.29 is 18.9 Å². The first-order valence-electron chi connectivity index (χ1n) is 3.49. The molecule has 0 spiro atoms. The molecule has 0 aliphatic carbocycles. The van der Waals surface area contributed by atoms with Crippen LogP contribution in [0.4, 0.5) is 0 Å². The zero-order valence-corrected chi connectivity index (χ0v) is 6.67. The quantitative estimate of drug-likeness (QED) is 0.506. The highest BCUT2D eigenvalue weighted by molar-refractivity contribution is 5.95. The van der Waals surface area contributed by atoms with Crippen LogP contribution >= 0.6 is 0 Å². The Morgan fingerprint density at radius 3 is 3.07 bits per heavy atom. The van der Waals surface area contributed by atoms with Crippen molar-refractivity contribution in [3.05, 3.63) is 18.2 Å². The smallest absolute Gasteiger partial charge is 0.299 e. The highest BCUT2D eigenvalue weighted by Gasteiger charge is 2.22. The number of nitrogens with zero attached hydrogens (tertiary/aromatic N) is 3. The molecule has 0 radical (unpaired) electrons. The van der Waals surface area contributed by atoms with E-state index in [2.05, 4.69) is 19.9 Å². The van der Waals surface area contributed by atoms with Gasteiger partial charge in [0.1, 0.15) is 6.26 Å². The van der Waals surface area contributed by atoms with E-state index in [0.29, 0.717) is 0 Å². The van der Waals surface area contributed by atoms with Crippen LogP contribution in [-0.4, -0.2) is 26.5 Å². The normalized spacial score (nSPS) is 10.1. The van der Waals surface area contributed by atoms with Gasteiger partial charge in [-0.25, -0.2) is 10.5 Å². The SMILES string of the molecule is O=C(NO)c1nnoc1-c1ncco1. The van der Waals surface area contributed by atoms with Crippen LogP contribution in [0.25, 0.3) is 11.7 Å². The van der Waals surface area contributed by atoms with Crippen LogP contribution in [0.3, 0.4) is 0 Å². The van der Waals surface area contributed by atoms with Crippen molar-refractivity contribution in [1.29, 1.82) is 0 Å².